The van der Waals surface area contributed by atoms with E-state index in [1.165, 1.54) is 6.20 Å². The first-order valence-corrected chi connectivity index (χ1v) is 6.54. The third-order valence-corrected chi connectivity index (χ3v) is 2.94. The summed E-state index contributed by atoms with van der Waals surface area (Å²) in [5, 5.41) is 11.5. The summed E-state index contributed by atoms with van der Waals surface area (Å²) >= 11 is 0. The zero-order valence-corrected chi connectivity index (χ0v) is 12.0. The molecule has 1 heterocycles. The van der Waals surface area contributed by atoms with Crippen LogP contribution in [0.15, 0.2) is 36.5 Å². The molecule has 2 rings (SSSR count). The minimum absolute atomic E-state index is 0.199. The fourth-order valence-corrected chi connectivity index (χ4v) is 1.88. The van der Waals surface area contributed by atoms with Crippen molar-refractivity contribution in [1.29, 1.82) is 0 Å². The zero-order valence-electron chi connectivity index (χ0n) is 12.0. The Morgan fingerprint density at radius 1 is 1.29 bits per heavy atom. The lowest BCUT2D eigenvalue weighted by atomic mass is 10.1. The van der Waals surface area contributed by atoms with Crippen LogP contribution in [0.2, 0.25) is 0 Å². The van der Waals surface area contributed by atoms with Gasteiger partial charge in [0.05, 0.1) is 0 Å². The molecule has 0 aliphatic rings. The number of nitrogens with one attached hydrogen (secondary N) is 1. The molecule has 0 unspecified atom stereocenters. The number of aryl methyl sites for hydroxylation is 2. The summed E-state index contributed by atoms with van der Waals surface area (Å²) < 4.78 is 0. The fraction of sp³-hybridized carbons (Fsp3) is 0.176. The molecule has 0 bridgehead atoms. The summed E-state index contributed by atoms with van der Waals surface area (Å²) in [6.07, 6.45) is 1.51. The maximum atomic E-state index is 12.1. The van der Waals surface area contributed by atoms with Crippen molar-refractivity contribution in [3.8, 4) is 11.8 Å². The molecule has 0 saturated carbocycles. The maximum Gasteiger partial charge on any atom is 0.274 e. The van der Waals surface area contributed by atoms with Crippen LogP contribution in [0.4, 0.5) is 5.69 Å². The average Bonchev–Trinajstić information content (AvgIpc) is 2.48. The van der Waals surface area contributed by atoms with E-state index >= 15 is 0 Å². The number of hydrogen-bond donors (Lipinski definition) is 2. The predicted octanol–water partition coefficient (Wildman–Crippen LogP) is 2.29. The maximum absolute atomic E-state index is 12.1. The molecule has 1 aromatic carbocycles. The predicted molar refractivity (Wildman–Crippen MR) is 82.1 cm³/mol. The number of aliphatic hydroxyl groups is 1. The molecule has 0 aliphatic carbocycles. The number of carbonyl (C=O) groups is 1. The van der Waals surface area contributed by atoms with Crippen molar-refractivity contribution in [3.63, 3.8) is 0 Å². The summed E-state index contributed by atoms with van der Waals surface area (Å²) in [5.41, 5.74) is 3.91. The van der Waals surface area contributed by atoms with Crippen molar-refractivity contribution in [3.05, 3.63) is 58.9 Å². The molecule has 1 amide bonds. The number of anilines is 1. The Balaban J connectivity index is 2.13. The van der Waals surface area contributed by atoms with Crippen LogP contribution in [-0.2, 0) is 0 Å². The van der Waals surface area contributed by atoms with E-state index in [2.05, 4.69) is 22.1 Å². The van der Waals surface area contributed by atoms with E-state index in [4.69, 9.17) is 5.11 Å². The Morgan fingerprint density at radius 2 is 2.10 bits per heavy atom. The Bertz CT molecular complexity index is 710. The Morgan fingerprint density at radius 3 is 2.71 bits per heavy atom. The van der Waals surface area contributed by atoms with E-state index in [-0.39, 0.29) is 12.5 Å². The number of hydrogen-bond acceptors (Lipinski definition) is 3. The SMILES string of the molecule is Cc1ccc(NC(=O)c2ccc(C#CCO)cn2)c(C)c1. The van der Waals surface area contributed by atoms with Crippen LogP contribution in [0.25, 0.3) is 0 Å². The van der Waals surface area contributed by atoms with Crippen LogP contribution in [-0.4, -0.2) is 22.6 Å². The van der Waals surface area contributed by atoms with Gasteiger partial charge in [-0.15, -0.1) is 0 Å². The lowest BCUT2D eigenvalue weighted by molar-refractivity contribution is 0.102. The monoisotopic (exact) mass is 280 g/mol. The van der Waals surface area contributed by atoms with Crippen LogP contribution in [0.3, 0.4) is 0 Å². The molecule has 0 radical (unpaired) electrons. The Labute approximate surface area is 123 Å². The number of benzene rings is 1. The first kappa shape index (κ1) is 14.8. The molecule has 0 saturated heterocycles. The third-order valence-electron chi connectivity index (χ3n) is 2.94. The number of aromatic nitrogens is 1. The number of amides is 1. The topological polar surface area (TPSA) is 62.2 Å². The number of aliphatic hydroxyl groups excluding tert-OH is 1. The second kappa shape index (κ2) is 6.69. The highest BCUT2D eigenvalue weighted by atomic mass is 16.2. The smallest absolute Gasteiger partial charge is 0.274 e. The van der Waals surface area contributed by atoms with Crippen LogP contribution in [0, 0.1) is 25.7 Å². The van der Waals surface area contributed by atoms with Gasteiger partial charge in [-0.2, -0.15) is 0 Å². The van der Waals surface area contributed by atoms with E-state index in [0.29, 0.717) is 11.3 Å². The molecule has 2 aromatic rings. The van der Waals surface area contributed by atoms with Crippen molar-refractivity contribution >= 4 is 11.6 Å². The molecule has 106 valence electrons. The number of carbonyl (C=O) groups excluding carboxylic acids is 1. The highest BCUT2D eigenvalue weighted by Gasteiger charge is 2.08. The van der Waals surface area contributed by atoms with E-state index < -0.39 is 0 Å². The van der Waals surface area contributed by atoms with Gasteiger partial charge in [-0.05, 0) is 37.6 Å². The second-order valence-corrected chi connectivity index (χ2v) is 4.66. The van der Waals surface area contributed by atoms with Crippen molar-refractivity contribution in [2.75, 3.05) is 11.9 Å². The first-order chi connectivity index (χ1) is 10.1. The highest BCUT2D eigenvalue weighted by molar-refractivity contribution is 6.03. The normalized spacial score (nSPS) is 9.67. The van der Waals surface area contributed by atoms with Gasteiger partial charge >= 0.3 is 0 Å². The van der Waals surface area contributed by atoms with Crippen molar-refractivity contribution in [2.24, 2.45) is 0 Å². The molecule has 4 nitrogen and oxygen atoms in total. The summed E-state index contributed by atoms with van der Waals surface area (Å²) in [7, 11) is 0. The summed E-state index contributed by atoms with van der Waals surface area (Å²) in [4.78, 5) is 16.2. The minimum atomic E-state index is -0.261. The van der Waals surface area contributed by atoms with Crippen molar-refractivity contribution < 1.29 is 9.90 Å². The Kier molecular flexibility index (Phi) is 4.70. The molecule has 21 heavy (non-hydrogen) atoms. The summed E-state index contributed by atoms with van der Waals surface area (Å²) in [6, 6.07) is 9.15. The van der Waals surface area contributed by atoms with Crippen LogP contribution in [0.1, 0.15) is 27.2 Å². The largest absolute Gasteiger partial charge is 0.384 e. The van der Waals surface area contributed by atoms with Gasteiger partial charge in [0.1, 0.15) is 12.3 Å². The Hall–Kier alpha value is -2.64. The lowest BCUT2D eigenvalue weighted by Crippen LogP contribution is -2.14. The van der Waals surface area contributed by atoms with Gasteiger partial charge in [0.2, 0.25) is 0 Å². The molecule has 0 fully saturated rings. The number of nitrogens with zero attached hydrogens (tertiary/aromatic N) is 1. The van der Waals surface area contributed by atoms with Crippen molar-refractivity contribution in [2.45, 2.75) is 13.8 Å². The van der Waals surface area contributed by atoms with Crippen LogP contribution in [0.5, 0.6) is 0 Å². The fourth-order valence-electron chi connectivity index (χ4n) is 1.88. The minimum Gasteiger partial charge on any atom is -0.384 e. The van der Waals surface area contributed by atoms with E-state index in [9.17, 15) is 4.79 Å². The average molecular weight is 280 g/mol. The summed E-state index contributed by atoms with van der Waals surface area (Å²) in [5.74, 6) is 5.00. The van der Waals surface area contributed by atoms with E-state index in [1.807, 2.05) is 32.0 Å². The molecule has 0 atom stereocenters. The summed E-state index contributed by atoms with van der Waals surface area (Å²) in [6.45, 7) is 3.75. The second-order valence-electron chi connectivity index (χ2n) is 4.66. The quantitative estimate of drug-likeness (QED) is 0.830. The van der Waals surface area contributed by atoms with Gasteiger partial charge in [-0.3, -0.25) is 4.79 Å². The lowest BCUT2D eigenvalue weighted by Gasteiger charge is -2.08. The van der Waals surface area contributed by atoms with Gasteiger partial charge in [-0.1, -0.05) is 29.5 Å². The van der Waals surface area contributed by atoms with Gasteiger partial charge < -0.3 is 10.4 Å². The first-order valence-electron chi connectivity index (χ1n) is 6.54. The van der Waals surface area contributed by atoms with Gasteiger partial charge in [0, 0.05) is 17.4 Å². The van der Waals surface area contributed by atoms with Crippen molar-refractivity contribution in [1.82, 2.24) is 4.98 Å². The highest BCUT2D eigenvalue weighted by Crippen LogP contribution is 2.16. The molecule has 2 N–H and O–H groups in total. The third kappa shape index (κ3) is 3.91. The zero-order chi connectivity index (χ0) is 15.2. The standard InChI is InChI=1S/C17H16N2O2/c1-12-5-7-15(13(2)10-12)19-17(21)16-8-6-14(11-18-16)4-3-9-20/h5-8,10-11,20H,9H2,1-2H3,(H,19,21). The molecule has 0 spiro atoms. The van der Waals surface area contributed by atoms with Crippen LogP contribution >= 0.6 is 0 Å². The number of pyridine rings is 1. The van der Waals surface area contributed by atoms with E-state index in [0.717, 1.165) is 16.8 Å². The molecule has 1 aromatic heterocycles. The number of rotatable bonds is 2. The molecular weight excluding hydrogens is 264 g/mol. The van der Waals surface area contributed by atoms with Gasteiger partial charge in [0.25, 0.3) is 5.91 Å². The molecule has 4 heteroatoms. The molecule has 0 aliphatic heterocycles. The molecular formula is C17H16N2O2. The van der Waals surface area contributed by atoms with E-state index in [1.54, 1.807) is 12.1 Å². The van der Waals surface area contributed by atoms with Gasteiger partial charge in [0.15, 0.2) is 0 Å². The van der Waals surface area contributed by atoms with Crippen LogP contribution < -0.4 is 5.32 Å². The van der Waals surface area contributed by atoms with Gasteiger partial charge in [-0.25, -0.2) is 4.98 Å².